The monoisotopic (exact) mass is 176 g/mol. The molecule has 3 heteroatoms. The van der Waals surface area contributed by atoms with Crippen LogP contribution in [0.4, 0.5) is 0 Å². The van der Waals surface area contributed by atoms with Gasteiger partial charge in [-0.05, 0) is 34.6 Å². The Kier molecular flexibility index (Phi) is 5.46. The van der Waals surface area contributed by atoms with E-state index in [1.807, 2.05) is 34.6 Å². The van der Waals surface area contributed by atoms with Crippen LogP contribution in [-0.4, -0.2) is 24.9 Å². The van der Waals surface area contributed by atoms with Crippen LogP contribution in [0.2, 0.25) is 0 Å². The summed E-state index contributed by atoms with van der Waals surface area (Å²) in [4.78, 5) is 9.95. The Labute approximate surface area is 74.9 Å². The van der Waals surface area contributed by atoms with Crippen molar-refractivity contribution in [1.29, 1.82) is 0 Å². The smallest absolute Gasteiger partial charge is 0.106 e. The van der Waals surface area contributed by atoms with E-state index in [0.717, 1.165) is 0 Å². The van der Waals surface area contributed by atoms with Gasteiger partial charge >= 0.3 is 0 Å². The quantitative estimate of drug-likeness (QED) is 0.365. The number of hydrogen-bond donors (Lipinski definition) is 0. The number of hydrogen-bond acceptors (Lipinski definition) is 3. The molecule has 0 aliphatic rings. The largest absolute Gasteiger partial charge is 0.376 e. The number of rotatable bonds is 5. The fourth-order valence-corrected chi connectivity index (χ4v) is 0.536. The molecule has 0 rings (SSSR count). The highest BCUT2D eigenvalue weighted by Crippen LogP contribution is 2.06. The fraction of sp³-hybridized carbons (Fsp3) is 1.00. The Morgan fingerprint density at radius 1 is 1.08 bits per heavy atom. The topological polar surface area (TPSA) is 27.7 Å². The van der Waals surface area contributed by atoms with Crippen LogP contribution in [0.15, 0.2) is 0 Å². The van der Waals surface area contributed by atoms with Crippen molar-refractivity contribution >= 4 is 0 Å². The highest BCUT2D eigenvalue weighted by atomic mass is 17.2. The van der Waals surface area contributed by atoms with E-state index in [9.17, 15) is 0 Å². The Morgan fingerprint density at radius 3 is 2.08 bits per heavy atom. The SMILES string of the molecule is CC(C)OCCOOC(C)(C)C. The first-order chi connectivity index (χ1) is 5.42. The minimum absolute atomic E-state index is 0.238. The van der Waals surface area contributed by atoms with Crippen LogP contribution in [0.5, 0.6) is 0 Å². The summed E-state index contributed by atoms with van der Waals surface area (Å²) in [5.41, 5.74) is -0.238. The molecular formula is C9H20O3. The second-order valence-electron chi connectivity index (χ2n) is 3.94. The maximum absolute atomic E-state index is 5.25. The van der Waals surface area contributed by atoms with Gasteiger partial charge in [-0.2, -0.15) is 0 Å². The summed E-state index contributed by atoms with van der Waals surface area (Å²) in [7, 11) is 0. The normalized spacial score (nSPS) is 12.5. The van der Waals surface area contributed by atoms with Crippen LogP contribution in [0, 0.1) is 0 Å². The molecular weight excluding hydrogens is 156 g/mol. The summed E-state index contributed by atoms with van der Waals surface area (Å²) >= 11 is 0. The predicted molar refractivity (Wildman–Crippen MR) is 47.9 cm³/mol. The Morgan fingerprint density at radius 2 is 1.67 bits per heavy atom. The molecule has 0 spiro atoms. The summed E-state index contributed by atoms with van der Waals surface area (Å²) in [6, 6.07) is 0. The van der Waals surface area contributed by atoms with Gasteiger partial charge in [-0.3, -0.25) is 0 Å². The first-order valence-corrected chi connectivity index (χ1v) is 4.34. The van der Waals surface area contributed by atoms with Crippen molar-refractivity contribution in [2.24, 2.45) is 0 Å². The molecule has 0 amide bonds. The highest BCUT2D eigenvalue weighted by Gasteiger charge is 2.10. The van der Waals surface area contributed by atoms with Crippen molar-refractivity contribution in [2.45, 2.75) is 46.3 Å². The van der Waals surface area contributed by atoms with E-state index in [-0.39, 0.29) is 11.7 Å². The molecule has 12 heavy (non-hydrogen) atoms. The molecule has 0 heterocycles. The Hall–Kier alpha value is -0.120. The molecule has 0 aliphatic carbocycles. The van der Waals surface area contributed by atoms with Crippen molar-refractivity contribution in [2.75, 3.05) is 13.2 Å². The maximum atomic E-state index is 5.25. The van der Waals surface area contributed by atoms with Gasteiger partial charge in [0.25, 0.3) is 0 Å². The zero-order valence-corrected chi connectivity index (χ0v) is 8.72. The summed E-state index contributed by atoms with van der Waals surface area (Å²) in [5, 5.41) is 0. The van der Waals surface area contributed by atoms with E-state index in [2.05, 4.69) is 0 Å². The van der Waals surface area contributed by atoms with Crippen molar-refractivity contribution in [3.63, 3.8) is 0 Å². The van der Waals surface area contributed by atoms with Crippen molar-refractivity contribution < 1.29 is 14.5 Å². The van der Waals surface area contributed by atoms with Crippen LogP contribution in [0.25, 0.3) is 0 Å². The molecule has 0 aromatic carbocycles. The van der Waals surface area contributed by atoms with Crippen LogP contribution in [-0.2, 0) is 14.5 Å². The van der Waals surface area contributed by atoms with Crippen molar-refractivity contribution in [3.8, 4) is 0 Å². The molecule has 0 aliphatic heterocycles. The fourth-order valence-electron chi connectivity index (χ4n) is 0.536. The second-order valence-corrected chi connectivity index (χ2v) is 3.94. The van der Waals surface area contributed by atoms with E-state index in [1.165, 1.54) is 0 Å². The molecule has 0 aromatic heterocycles. The lowest BCUT2D eigenvalue weighted by molar-refractivity contribution is -0.352. The highest BCUT2D eigenvalue weighted by molar-refractivity contribution is 4.54. The molecule has 0 fully saturated rings. The van der Waals surface area contributed by atoms with Gasteiger partial charge in [0.15, 0.2) is 0 Å². The van der Waals surface area contributed by atoms with E-state index < -0.39 is 0 Å². The lowest BCUT2D eigenvalue weighted by atomic mass is 10.2. The number of ether oxygens (including phenoxy) is 1. The first kappa shape index (κ1) is 11.9. The van der Waals surface area contributed by atoms with Gasteiger partial charge in [-0.1, -0.05) is 0 Å². The molecule has 0 unspecified atom stereocenters. The van der Waals surface area contributed by atoms with Crippen molar-refractivity contribution in [3.05, 3.63) is 0 Å². The summed E-state index contributed by atoms with van der Waals surface area (Å²) in [5.74, 6) is 0. The molecule has 0 saturated carbocycles. The Bertz CT molecular complexity index is 105. The lowest BCUT2D eigenvalue weighted by Gasteiger charge is -2.17. The van der Waals surface area contributed by atoms with Gasteiger partial charge < -0.3 is 4.74 Å². The maximum Gasteiger partial charge on any atom is 0.106 e. The van der Waals surface area contributed by atoms with Gasteiger partial charge in [0, 0.05) is 0 Å². The van der Waals surface area contributed by atoms with Gasteiger partial charge in [0.1, 0.15) is 6.61 Å². The third kappa shape index (κ3) is 9.88. The minimum atomic E-state index is -0.238. The van der Waals surface area contributed by atoms with Gasteiger partial charge in [-0.15, -0.1) is 0 Å². The summed E-state index contributed by atoms with van der Waals surface area (Å²) < 4.78 is 5.25. The van der Waals surface area contributed by atoms with Gasteiger partial charge in [0.2, 0.25) is 0 Å². The zero-order chi connectivity index (χ0) is 9.61. The van der Waals surface area contributed by atoms with E-state index in [1.54, 1.807) is 0 Å². The molecule has 3 nitrogen and oxygen atoms in total. The summed E-state index contributed by atoms with van der Waals surface area (Å²) in [6.45, 7) is 10.9. The van der Waals surface area contributed by atoms with Crippen LogP contribution < -0.4 is 0 Å². The molecule has 0 atom stereocenters. The molecule has 0 aromatic rings. The average Bonchev–Trinajstić information content (AvgIpc) is 1.83. The third-order valence-corrected chi connectivity index (χ3v) is 0.927. The second kappa shape index (κ2) is 5.51. The van der Waals surface area contributed by atoms with Gasteiger partial charge in [-0.25, -0.2) is 9.78 Å². The molecule has 0 N–H and O–H groups in total. The van der Waals surface area contributed by atoms with E-state index in [4.69, 9.17) is 14.5 Å². The Balaban J connectivity index is 3.12. The molecule has 74 valence electrons. The molecule has 0 bridgehead atoms. The van der Waals surface area contributed by atoms with E-state index >= 15 is 0 Å². The third-order valence-electron chi connectivity index (χ3n) is 0.927. The van der Waals surface area contributed by atoms with Crippen LogP contribution >= 0.6 is 0 Å². The van der Waals surface area contributed by atoms with Crippen LogP contribution in [0.3, 0.4) is 0 Å². The summed E-state index contributed by atoms with van der Waals surface area (Å²) in [6.07, 6.45) is 0.253. The first-order valence-electron chi connectivity index (χ1n) is 4.34. The van der Waals surface area contributed by atoms with E-state index in [0.29, 0.717) is 13.2 Å². The molecule has 0 saturated heterocycles. The zero-order valence-electron chi connectivity index (χ0n) is 8.72. The average molecular weight is 176 g/mol. The minimum Gasteiger partial charge on any atom is -0.376 e. The standard InChI is InChI=1S/C9H20O3/c1-8(2)10-6-7-11-12-9(3,4)5/h8H,6-7H2,1-5H3. The lowest BCUT2D eigenvalue weighted by Crippen LogP contribution is -2.21. The van der Waals surface area contributed by atoms with Gasteiger partial charge in [0.05, 0.1) is 18.3 Å². The predicted octanol–water partition coefficient (Wildman–Crippen LogP) is 2.16. The molecule has 0 radical (unpaired) electrons. The van der Waals surface area contributed by atoms with Crippen molar-refractivity contribution in [1.82, 2.24) is 0 Å². The van der Waals surface area contributed by atoms with Crippen LogP contribution in [0.1, 0.15) is 34.6 Å².